The van der Waals surface area contributed by atoms with Crippen molar-refractivity contribution in [3.63, 3.8) is 0 Å². The number of carbonyl (C=O) groups excluding carboxylic acids is 1. The Morgan fingerprint density at radius 2 is 1.58 bits per heavy atom. The molecule has 0 unspecified atom stereocenters. The molecule has 0 aliphatic rings. The molecule has 0 bridgehead atoms. The van der Waals surface area contributed by atoms with Crippen molar-refractivity contribution < 1.29 is 36.9 Å². The summed E-state index contributed by atoms with van der Waals surface area (Å²) in [5.41, 5.74) is 8.50. The number of azo groups is 1. The fraction of sp³-hybridized carbons (Fsp3) is 0.241. The Hall–Kier alpha value is -5.72. The molecule has 1 heterocycles. The number of rotatable bonds is 17. The molecule has 4 aromatic rings. The lowest BCUT2D eigenvalue weighted by Crippen LogP contribution is -2.15. The number of nitro groups is 1. The van der Waals surface area contributed by atoms with Crippen LogP contribution >= 0.6 is 0 Å². The van der Waals surface area contributed by atoms with Gasteiger partial charge in [0.25, 0.3) is 21.4 Å². The highest BCUT2D eigenvalue weighted by Crippen LogP contribution is 2.30. The predicted molar refractivity (Wildman–Crippen MR) is 169 cm³/mol. The molecule has 18 nitrogen and oxygen atoms in total. The molecule has 48 heavy (non-hydrogen) atoms. The normalized spacial score (nSPS) is 11.4. The minimum Gasteiger partial charge on any atom is -0.460 e. The van der Waals surface area contributed by atoms with Gasteiger partial charge in [0, 0.05) is 35.8 Å². The molecule has 19 heteroatoms. The predicted octanol–water partition coefficient (Wildman–Crippen LogP) is 5.29. The highest BCUT2D eigenvalue weighted by atomic mass is 32.2. The van der Waals surface area contributed by atoms with Crippen molar-refractivity contribution in [1.82, 2.24) is 9.78 Å². The third-order valence-electron chi connectivity index (χ3n) is 6.44. The summed E-state index contributed by atoms with van der Waals surface area (Å²) in [5, 5.41) is 25.6. The van der Waals surface area contributed by atoms with Crippen LogP contribution in [-0.2, 0) is 24.3 Å². The van der Waals surface area contributed by atoms with Crippen molar-refractivity contribution in [2.75, 3.05) is 39.6 Å². The average Bonchev–Trinajstić information content (AvgIpc) is 3.41. The number of carbonyl (C=O) groups is 1. The molecule has 0 spiro atoms. The van der Waals surface area contributed by atoms with Gasteiger partial charge in [-0.25, -0.2) is 9.48 Å². The molecule has 0 saturated heterocycles. The maximum atomic E-state index is 13.5. The second kappa shape index (κ2) is 16.7. The SMILES string of the molecule is [N-]=[N+]=NCCCOCCOCCOC(=O)c1ccc(-n2[nH]c(-c3ccc([N+](=O)[O-])cc3)c(N=Nc3ccc(S(=O)(=O)O)cc3)c2=O)cc1. The van der Waals surface area contributed by atoms with Crippen LogP contribution in [0.2, 0.25) is 0 Å². The number of non-ortho nitro benzene ring substituents is 1. The molecule has 0 aliphatic heterocycles. The number of hydrogen-bond acceptors (Lipinski definition) is 12. The molecular weight excluding hydrogens is 652 g/mol. The number of hydrogen-bond donors (Lipinski definition) is 2. The van der Waals surface area contributed by atoms with Gasteiger partial charge in [-0.2, -0.15) is 13.5 Å². The zero-order valence-corrected chi connectivity index (χ0v) is 25.9. The second-order valence-corrected chi connectivity index (χ2v) is 11.1. The lowest BCUT2D eigenvalue weighted by molar-refractivity contribution is -0.384. The van der Waals surface area contributed by atoms with E-state index in [9.17, 15) is 32.7 Å². The Labute approximate surface area is 272 Å². The van der Waals surface area contributed by atoms with Crippen LogP contribution in [0.1, 0.15) is 16.8 Å². The van der Waals surface area contributed by atoms with Crippen LogP contribution in [0.3, 0.4) is 0 Å². The summed E-state index contributed by atoms with van der Waals surface area (Å²) in [6.07, 6.45) is 0.602. The molecule has 0 fully saturated rings. The fourth-order valence-corrected chi connectivity index (χ4v) is 4.55. The smallest absolute Gasteiger partial charge is 0.338 e. The lowest BCUT2D eigenvalue weighted by atomic mass is 10.1. The summed E-state index contributed by atoms with van der Waals surface area (Å²) in [6.45, 7) is 1.57. The fourth-order valence-electron chi connectivity index (χ4n) is 4.07. The van der Waals surface area contributed by atoms with Crippen LogP contribution in [0.15, 0.2) is 97.8 Å². The molecule has 0 saturated carbocycles. The topological polar surface area (TPSA) is 254 Å². The molecule has 4 rings (SSSR count). The van der Waals surface area contributed by atoms with Gasteiger partial charge in [0.1, 0.15) is 6.61 Å². The number of H-pyrrole nitrogens is 1. The first-order valence-electron chi connectivity index (χ1n) is 14.1. The third-order valence-corrected chi connectivity index (χ3v) is 7.30. The molecule has 3 aromatic carbocycles. The Morgan fingerprint density at radius 3 is 2.21 bits per heavy atom. The Kier molecular flexibility index (Phi) is 12.2. The summed E-state index contributed by atoms with van der Waals surface area (Å²) in [4.78, 5) is 38.9. The molecule has 0 radical (unpaired) electrons. The number of esters is 1. The first-order valence-corrected chi connectivity index (χ1v) is 15.6. The van der Waals surface area contributed by atoms with E-state index in [1.54, 1.807) is 0 Å². The lowest BCUT2D eigenvalue weighted by Gasteiger charge is -2.07. The quantitative estimate of drug-likeness (QED) is 0.0213. The number of ether oxygens (including phenoxy) is 3. The number of nitrogens with one attached hydrogen (secondary N) is 1. The first-order chi connectivity index (χ1) is 23.1. The van der Waals surface area contributed by atoms with Gasteiger partial charge in [-0.05, 0) is 72.6 Å². The number of aromatic nitrogens is 2. The van der Waals surface area contributed by atoms with Crippen LogP contribution < -0.4 is 5.56 Å². The summed E-state index contributed by atoms with van der Waals surface area (Å²) >= 11 is 0. The van der Waals surface area contributed by atoms with E-state index in [-0.39, 0.29) is 46.4 Å². The third kappa shape index (κ3) is 9.64. The van der Waals surface area contributed by atoms with E-state index in [0.29, 0.717) is 44.0 Å². The maximum Gasteiger partial charge on any atom is 0.338 e. The van der Waals surface area contributed by atoms with Crippen molar-refractivity contribution in [2.24, 2.45) is 15.3 Å². The van der Waals surface area contributed by atoms with Gasteiger partial charge in [0.15, 0.2) is 5.69 Å². The molecule has 0 atom stereocenters. The van der Waals surface area contributed by atoms with Crippen molar-refractivity contribution in [3.8, 4) is 16.9 Å². The van der Waals surface area contributed by atoms with Gasteiger partial charge in [0.05, 0.1) is 52.3 Å². The average molecular weight is 681 g/mol. The number of nitrogens with zero attached hydrogens (tertiary/aromatic N) is 7. The van der Waals surface area contributed by atoms with E-state index in [1.807, 2.05) is 0 Å². The van der Waals surface area contributed by atoms with Crippen LogP contribution in [0.25, 0.3) is 27.4 Å². The van der Waals surface area contributed by atoms with Crippen molar-refractivity contribution in [1.29, 1.82) is 0 Å². The van der Waals surface area contributed by atoms with Crippen molar-refractivity contribution in [3.05, 3.63) is 109 Å². The van der Waals surface area contributed by atoms with Gasteiger partial charge >= 0.3 is 5.97 Å². The minimum absolute atomic E-state index is 0.000936. The van der Waals surface area contributed by atoms with Crippen LogP contribution in [0.5, 0.6) is 0 Å². The van der Waals surface area contributed by atoms with E-state index < -0.39 is 26.6 Å². The van der Waals surface area contributed by atoms with Crippen molar-refractivity contribution in [2.45, 2.75) is 11.3 Å². The van der Waals surface area contributed by atoms with Crippen molar-refractivity contribution >= 4 is 33.1 Å². The van der Waals surface area contributed by atoms with E-state index in [0.717, 1.165) is 16.8 Å². The molecular formula is C29H28N8O10S. The summed E-state index contributed by atoms with van der Waals surface area (Å²) in [6, 6.07) is 16.1. The number of nitro benzene ring substituents is 1. The highest BCUT2D eigenvalue weighted by molar-refractivity contribution is 7.85. The van der Waals surface area contributed by atoms with Gasteiger partial charge in [0.2, 0.25) is 0 Å². The summed E-state index contributed by atoms with van der Waals surface area (Å²) in [7, 11) is -4.42. The maximum absolute atomic E-state index is 13.5. The highest BCUT2D eigenvalue weighted by Gasteiger charge is 2.19. The van der Waals surface area contributed by atoms with Gasteiger partial charge in [-0.1, -0.05) is 5.11 Å². The zero-order chi connectivity index (χ0) is 34.5. The molecule has 1 aromatic heterocycles. The Morgan fingerprint density at radius 1 is 0.938 bits per heavy atom. The van der Waals surface area contributed by atoms with Gasteiger partial charge < -0.3 is 14.2 Å². The Balaban J connectivity index is 1.46. The summed E-state index contributed by atoms with van der Waals surface area (Å²) < 4.78 is 48.9. The number of azide groups is 1. The van der Waals surface area contributed by atoms with E-state index in [4.69, 9.17) is 19.7 Å². The van der Waals surface area contributed by atoms with Gasteiger partial charge in [-0.15, -0.1) is 5.11 Å². The van der Waals surface area contributed by atoms with E-state index in [2.05, 4.69) is 25.4 Å². The van der Waals surface area contributed by atoms with Crippen LogP contribution in [-0.4, -0.2) is 73.2 Å². The number of benzene rings is 3. The second-order valence-electron chi connectivity index (χ2n) is 9.66. The van der Waals surface area contributed by atoms with Crippen LogP contribution in [0, 0.1) is 10.1 Å². The van der Waals surface area contributed by atoms with Gasteiger partial charge in [-0.3, -0.25) is 24.6 Å². The zero-order valence-electron chi connectivity index (χ0n) is 25.0. The number of aromatic amines is 1. The van der Waals surface area contributed by atoms with E-state index >= 15 is 0 Å². The first kappa shape index (κ1) is 35.1. The Bertz CT molecular complexity index is 1970. The van der Waals surface area contributed by atoms with Crippen LogP contribution in [0.4, 0.5) is 17.1 Å². The summed E-state index contributed by atoms with van der Waals surface area (Å²) in [5.74, 6) is -0.612. The molecule has 0 amide bonds. The minimum atomic E-state index is -4.42. The monoisotopic (exact) mass is 680 g/mol. The largest absolute Gasteiger partial charge is 0.460 e. The molecule has 2 N–H and O–H groups in total. The molecule has 0 aliphatic carbocycles. The van der Waals surface area contributed by atoms with E-state index in [1.165, 1.54) is 60.7 Å². The standard InChI is InChI=1S/C29H28N8O10S/c30-35-31-14-1-15-45-16-17-46-18-19-47-29(39)21-4-8-23(9-5-21)36-28(38)27(26(34-36)20-2-10-24(11-3-20)37(40)41)33-32-22-6-12-25(13-7-22)48(42,43)44/h2-13,34H,1,14-19H2,(H,42,43,44). The molecule has 250 valence electrons.